The summed E-state index contributed by atoms with van der Waals surface area (Å²) in [6, 6.07) is 0. The summed E-state index contributed by atoms with van der Waals surface area (Å²) in [4.78, 5) is 13.8. The quantitative estimate of drug-likeness (QED) is 0.656. The van der Waals surface area contributed by atoms with Crippen molar-refractivity contribution in [3.63, 3.8) is 0 Å². The summed E-state index contributed by atoms with van der Waals surface area (Å²) in [5.74, 6) is -0.408. The molecule has 0 fully saturated rings. The Labute approximate surface area is 103 Å². The Kier molecular flexibility index (Phi) is 7.25. The molecule has 0 aliphatic rings. The average molecular weight is 246 g/mol. The lowest BCUT2D eigenvalue weighted by molar-refractivity contribution is -0.132. The average Bonchev–Trinajstić information content (AvgIpc) is 2.20. The second kappa shape index (κ2) is 7.57. The highest BCUT2D eigenvalue weighted by Gasteiger charge is 2.23. The van der Waals surface area contributed by atoms with Crippen molar-refractivity contribution in [1.82, 2.24) is 4.90 Å². The van der Waals surface area contributed by atoms with Crippen molar-refractivity contribution in [3.05, 3.63) is 0 Å². The number of aliphatic hydroxyl groups is 1. The molecule has 94 valence electrons. The van der Waals surface area contributed by atoms with Crippen LogP contribution in [0.25, 0.3) is 0 Å². The number of hydrogen-bond donors (Lipinski definition) is 2. The molecule has 0 heterocycles. The van der Waals surface area contributed by atoms with Gasteiger partial charge in [-0.2, -0.15) is 0 Å². The molecule has 16 heavy (non-hydrogen) atoms. The largest absolute Gasteiger partial charge is 0.393 e. The summed E-state index contributed by atoms with van der Waals surface area (Å²) >= 11 is 4.89. The van der Waals surface area contributed by atoms with E-state index in [4.69, 9.17) is 23.1 Å². The molecule has 0 aromatic rings. The fourth-order valence-corrected chi connectivity index (χ4v) is 1.65. The topological polar surface area (TPSA) is 66.6 Å². The zero-order valence-electron chi connectivity index (χ0n) is 10.3. The van der Waals surface area contributed by atoms with Crippen molar-refractivity contribution in [1.29, 1.82) is 0 Å². The summed E-state index contributed by atoms with van der Waals surface area (Å²) in [5.41, 5.74) is 5.55. The number of thiocarbonyl (C=S) groups is 1. The first kappa shape index (κ1) is 15.3. The number of amides is 1. The van der Waals surface area contributed by atoms with Crippen molar-refractivity contribution in [3.8, 4) is 0 Å². The third-order valence-electron chi connectivity index (χ3n) is 2.48. The molecule has 0 bridgehead atoms. The highest BCUT2D eigenvalue weighted by molar-refractivity contribution is 7.80. The highest BCUT2D eigenvalue weighted by atomic mass is 32.1. The maximum absolute atomic E-state index is 12.0. The molecule has 0 aliphatic heterocycles. The van der Waals surface area contributed by atoms with Gasteiger partial charge in [-0.3, -0.25) is 4.79 Å². The molecule has 2 atom stereocenters. The molecule has 0 saturated carbocycles. The van der Waals surface area contributed by atoms with Crippen LogP contribution in [0, 0.1) is 5.92 Å². The number of aliphatic hydroxyl groups excluding tert-OH is 1. The van der Waals surface area contributed by atoms with Crippen LogP contribution in [0.2, 0.25) is 0 Å². The van der Waals surface area contributed by atoms with E-state index in [0.717, 1.165) is 6.42 Å². The normalized spacial score (nSPS) is 14.2. The van der Waals surface area contributed by atoms with E-state index < -0.39 is 6.10 Å². The molecule has 1 amide bonds. The number of carbonyl (C=O) groups is 1. The van der Waals surface area contributed by atoms with E-state index in [-0.39, 0.29) is 16.8 Å². The monoisotopic (exact) mass is 246 g/mol. The molecule has 0 aromatic heterocycles. The van der Waals surface area contributed by atoms with Gasteiger partial charge in [0.15, 0.2) is 0 Å². The smallest absolute Gasteiger partial charge is 0.232 e. The van der Waals surface area contributed by atoms with Gasteiger partial charge in [0.05, 0.1) is 17.0 Å². The Morgan fingerprint density at radius 2 is 2.06 bits per heavy atom. The van der Waals surface area contributed by atoms with Gasteiger partial charge in [0.2, 0.25) is 5.91 Å². The van der Waals surface area contributed by atoms with Crippen molar-refractivity contribution >= 4 is 23.1 Å². The van der Waals surface area contributed by atoms with Gasteiger partial charge in [-0.25, -0.2) is 0 Å². The summed E-state index contributed by atoms with van der Waals surface area (Å²) in [6.07, 6.45) is 1.73. The number of hydrogen-bond acceptors (Lipinski definition) is 3. The second-order valence-electron chi connectivity index (χ2n) is 4.14. The Balaban J connectivity index is 4.31. The fourth-order valence-electron chi connectivity index (χ4n) is 1.43. The maximum Gasteiger partial charge on any atom is 0.232 e. The van der Waals surface area contributed by atoms with Crippen LogP contribution in [0.15, 0.2) is 0 Å². The maximum atomic E-state index is 12.0. The molecule has 0 radical (unpaired) electrons. The molecular formula is C11H22N2O2S. The van der Waals surface area contributed by atoms with E-state index >= 15 is 0 Å². The first-order valence-electron chi connectivity index (χ1n) is 5.62. The van der Waals surface area contributed by atoms with Crippen molar-refractivity contribution in [2.24, 2.45) is 11.7 Å². The minimum atomic E-state index is -0.398. The second-order valence-corrected chi connectivity index (χ2v) is 4.61. The van der Waals surface area contributed by atoms with Gasteiger partial charge in [-0.15, -0.1) is 0 Å². The first-order chi connectivity index (χ1) is 7.40. The molecule has 5 heteroatoms. The van der Waals surface area contributed by atoms with Gasteiger partial charge < -0.3 is 15.7 Å². The molecular weight excluding hydrogens is 224 g/mol. The Hall–Kier alpha value is -0.680. The molecule has 0 aliphatic carbocycles. The number of nitrogens with two attached hydrogens (primary N) is 1. The lowest BCUT2D eigenvalue weighted by Gasteiger charge is -2.23. The Bertz CT molecular complexity index is 244. The summed E-state index contributed by atoms with van der Waals surface area (Å²) in [6.45, 7) is 4.23. The van der Waals surface area contributed by atoms with Crippen molar-refractivity contribution in [2.75, 3.05) is 13.6 Å². The third kappa shape index (κ3) is 5.42. The van der Waals surface area contributed by atoms with Crippen LogP contribution in [0.3, 0.4) is 0 Å². The Morgan fingerprint density at radius 1 is 1.50 bits per heavy atom. The number of carbonyl (C=O) groups excluding carboxylic acids is 1. The highest BCUT2D eigenvalue weighted by Crippen LogP contribution is 2.11. The zero-order chi connectivity index (χ0) is 12.7. The van der Waals surface area contributed by atoms with Gasteiger partial charge in [0.25, 0.3) is 0 Å². The van der Waals surface area contributed by atoms with Crippen molar-refractivity contribution < 1.29 is 9.90 Å². The standard InChI is InChI=1S/C11H22N2O2S/c1-4-5-9(10(12)16)11(15)13(3)7-6-8(2)14/h8-9,14H,4-7H2,1-3H3,(H2,12,16). The molecule has 0 saturated heterocycles. The van der Waals surface area contributed by atoms with E-state index in [1.54, 1.807) is 18.9 Å². The SMILES string of the molecule is CCCC(C(=O)N(C)CCC(C)O)C(N)=S. The van der Waals surface area contributed by atoms with Crippen LogP contribution < -0.4 is 5.73 Å². The first-order valence-corrected chi connectivity index (χ1v) is 6.03. The minimum absolute atomic E-state index is 0.0463. The van der Waals surface area contributed by atoms with Gasteiger partial charge >= 0.3 is 0 Å². The lowest BCUT2D eigenvalue weighted by atomic mass is 10.0. The van der Waals surface area contributed by atoms with Crippen LogP contribution in [-0.2, 0) is 4.79 Å². The van der Waals surface area contributed by atoms with Gasteiger partial charge in [-0.1, -0.05) is 25.6 Å². The van der Waals surface area contributed by atoms with Crippen LogP contribution in [0.4, 0.5) is 0 Å². The van der Waals surface area contributed by atoms with Crippen LogP contribution in [0.1, 0.15) is 33.1 Å². The van der Waals surface area contributed by atoms with E-state index in [1.807, 2.05) is 6.92 Å². The third-order valence-corrected chi connectivity index (χ3v) is 2.76. The lowest BCUT2D eigenvalue weighted by Crippen LogP contribution is -2.40. The van der Waals surface area contributed by atoms with E-state index in [1.165, 1.54) is 0 Å². The van der Waals surface area contributed by atoms with Crippen LogP contribution in [0.5, 0.6) is 0 Å². The van der Waals surface area contributed by atoms with E-state index in [0.29, 0.717) is 19.4 Å². The zero-order valence-corrected chi connectivity index (χ0v) is 11.1. The van der Waals surface area contributed by atoms with Crippen molar-refractivity contribution in [2.45, 2.75) is 39.2 Å². The van der Waals surface area contributed by atoms with E-state index in [2.05, 4.69) is 0 Å². The van der Waals surface area contributed by atoms with Crippen LogP contribution >= 0.6 is 12.2 Å². The van der Waals surface area contributed by atoms with Gasteiger partial charge in [0.1, 0.15) is 0 Å². The molecule has 3 N–H and O–H groups in total. The Morgan fingerprint density at radius 3 is 2.44 bits per heavy atom. The minimum Gasteiger partial charge on any atom is -0.393 e. The van der Waals surface area contributed by atoms with Gasteiger partial charge in [0, 0.05) is 13.6 Å². The molecule has 0 spiro atoms. The predicted octanol–water partition coefficient (Wildman–Crippen LogP) is 0.918. The summed E-state index contributed by atoms with van der Waals surface area (Å²) in [7, 11) is 1.71. The summed E-state index contributed by atoms with van der Waals surface area (Å²) < 4.78 is 0. The molecule has 0 aromatic carbocycles. The predicted molar refractivity (Wildman–Crippen MR) is 69.1 cm³/mol. The fraction of sp³-hybridized carbons (Fsp3) is 0.818. The number of rotatable bonds is 7. The number of nitrogens with zero attached hydrogens (tertiary/aromatic N) is 1. The molecule has 2 unspecified atom stereocenters. The molecule has 0 rings (SSSR count). The van der Waals surface area contributed by atoms with E-state index in [9.17, 15) is 4.79 Å². The van der Waals surface area contributed by atoms with Gasteiger partial charge in [-0.05, 0) is 19.8 Å². The van der Waals surface area contributed by atoms with Crippen LogP contribution in [-0.4, -0.2) is 40.6 Å². The molecule has 4 nitrogen and oxygen atoms in total. The summed E-state index contributed by atoms with van der Waals surface area (Å²) in [5, 5.41) is 9.15.